The second-order valence-corrected chi connectivity index (χ2v) is 11.1. The van der Waals surface area contributed by atoms with E-state index < -0.39 is 59.9 Å². The van der Waals surface area contributed by atoms with Crippen molar-refractivity contribution in [3.63, 3.8) is 0 Å². The summed E-state index contributed by atoms with van der Waals surface area (Å²) in [5.41, 5.74) is 6.25. The number of rotatable bonds is 14. The van der Waals surface area contributed by atoms with Gasteiger partial charge in [0.05, 0.1) is 6.42 Å². The molecule has 0 saturated heterocycles. The van der Waals surface area contributed by atoms with Crippen molar-refractivity contribution in [1.29, 1.82) is 0 Å². The van der Waals surface area contributed by atoms with E-state index in [-0.39, 0.29) is 18.9 Å². The maximum atomic E-state index is 13.4. The molecule has 0 fully saturated rings. The number of nitrogens with one attached hydrogen (secondary N) is 3. The fourth-order valence-electron chi connectivity index (χ4n) is 3.91. The Morgan fingerprint density at radius 3 is 1.90 bits per heavy atom. The van der Waals surface area contributed by atoms with Crippen molar-refractivity contribution in [2.45, 2.75) is 84.2 Å². The second-order valence-electron chi connectivity index (χ2n) is 11.1. The highest BCUT2D eigenvalue weighted by Gasteiger charge is 2.34. The summed E-state index contributed by atoms with van der Waals surface area (Å²) in [5, 5.41) is 7.70. The molecule has 4 amide bonds. The minimum Gasteiger partial charge on any atom is -0.461 e. The smallest absolute Gasteiger partial charge is 0.408 e. The lowest BCUT2D eigenvalue weighted by atomic mass is 9.96. The second kappa shape index (κ2) is 16.1. The van der Waals surface area contributed by atoms with Gasteiger partial charge < -0.3 is 31.2 Å². The van der Waals surface area contributed by atoms with E-state index in [4.69, 9.17) is 15.2 Å². The minimum atomic E-state index is -1.40. The van der Waals surface area contributed by atoms with Gasteiger partial charge in [-0.2, -0.15) is 0 Å². The van der Waals surface area contributed by atoms with Crippen LogP contribution < -0.4 is 21.7 Å². The summed E-state index contributed by atoms with van der Waals surface area (Å²) >= 11 is 0. The zero-order valence-corrected chi connectivity index (χ0v) is 24.8. The molecule has 0 spiro atoms. The predicted octanol–water partition coefficient (Wildman–Crippen LogP) is 2.76. The van der Waals surface area contributed by atoms with Crippen molar-refractivity contribution in [2.75, 3.05) is 0 Å². The van der Waals surface area contributed by atoms with Crippen LogP contribution in [0.4, 0.5) is 4.79 Å². The van der Waals surface area contributed by atoms with E-state index in [1.807, 2.05) is 19.1 Å². The van der Waals surface area contributed by atoms with Crippen LogP contribution in [0.1, 0.15) is 58.6 Å². The predicted molar refractivity (Wildman–Crippen MR) is 157 cm³/mol. The molecule has 5 N–H and O–H groups in total. The Hall–Kier alpha value is -4.41. The lowest BCUT2D eigenvalue weighted by Gasteiger charge is -2.28. The first-order chi connectivity index (χ1) is 19.8. The van der Waals surface area contributed by atoms with Crippen molar-refractivity contribution >= 4 is 29.8 Å². The Labute approximate surface area is 246 Å². The SMILES string of the molecule is CC[C@H](C)[C@H](NC(=O)[C@@H](CC(=O)OCc1ccccc1)NC(=O)OC(C)(C)C)C(=O)N[C@H](Cc1ccccc1)C(N)=O. The highest BCUT2D eigenvalue weighted by molar-refractivity contribution is 5.95. The summed E-state index contributed by atoms with van der Waals surface area (Å²) in [4.78, 5) is 64.2. The molecule has 11 nitrogen and oxygen atoms in total. The quantitative estimate of drug-likeness (QED) is 0.249. The molecule has 0 aliphatic heterocycles. The molecule has 0 saturated carbocycles. The number of benzene rings is 2. The Morgan fingerprint density at radius 1 is 0.810 bits per heavy atom. The number of carbonyl (C=O) groups is 5. The van der Waals surface area contributed by atoms with Crippen LogP contribution in [0.5, 0.6) is 0 Å². The fourth-order valence-corrected chi connectivity index (χ4v) is 3.91. The van der Waals surface area contributed by atoms with Crippen molar-refractivity contribution in [2.24, 2.45) is 11.7 Å². The molecule has 42 heavy (non-hydrogen) atoms. The Morgan fingerprint density at radius 2 is 1.38 bits per heavy atom. The monoisotopic (exact) mass is 582 g/mol. The van der Waals surface area contributed by atoms with Crippen LogP contribution in [0.25, 0.3) is 0 Å². The molecule has 228 valence electrons. The summed E-state index contributed by atoms with van der Waals surface area (Å²) in [7, 11) is 0. The lowest BCUT2D eigenvalue weighted by molar-refractivity contribution is -0.147. The standard InChI is InChI=1S/C31H42N4O7/c1-6-20(2)26(29(39)33-23(27(32)37)17-21-13-9-7-10-14-21)35-28(38)24(34-30(40)42-31(3,4)5)18-25(36)41-19-22-15-11-8-12-16-22/h7-16,20,23-24,26H,6,17-19H2,1-5H3,(H2,32,37)(H,33,39)(H,34,40)(H,35,38)/t20-,23+,24+,26-/m0/s1. The van der Waals surface area contributed by atoms with E-state index in [1.54, 1.807) is 76.2 Å². The van der Waals surface area contributed by atoms with Gasteiger partial charge in [-0.05, 0) is 37.8 Å². The molecule has 0 aliphatic carbocycles. The van der Waals surface area contributed by atoms with Gasteiger partial charge in [0.2, 0.25) is 17.7 Å². The third kappa shape index (κ3) is 12.0. The normalized spacial score (nSPS) is 13.9. The summed E-state index contributed by atoms with van der Waals surface area (Å²) in [6.45, 7) is 8.54. The highest BCUT2D eigenvalue weighted by atomic mass is 16.6. The summed E-state index contributed by atoms with van der Waals surface area (Å²) in [6, 6.07) is 14.5. The first-order valence-electron chi connectivity index (χ1n) is 13.9. The van der Waals surface area contributed by atoms with E-state index in [1.165, 1.54) is 0 Å². The van der Waals surface area contributed by atoms with Crippen LogP contribution in [0.15, 0.2) is 60.7 Å². The number of hydrogen-bond donors (Lipinski definition) is 4. The van der Waals surface area contributed by atoms with Gasteiger partial charge in [-0.15, -0.1) is 0 Å². The molecule has 11 heteroatoms. The minimum absolute atomic E-state index is 0.0196. The first-order valence-corrected chi connectivity index (χ1v) is 13.9. The van der Waals surface area contributed by atoms with Crippen LogP contribution in [0.3, 0.4) is 0 Å². The Kier molecular flexibility index (Phi) is 13.0. The molecule has 0 aromatic heterocycles. The maximum absolute atomic E-state index is 13.4. The van der Waals surface area contributed by atoms with E-state index in [9.17, 15) is 24.0 Å². The Balaban J connectivity index is 2.19. The Bertz CT molecular complexity index is 1200. The van der Waals surface area contributed by atoms with Crippen molar-refractivity contribution in [3.8, 4) is 0 Å². The number of nitrogens with two attached hydrogens (primary N) is 1. The molecular formula is C31H42N4O7. The number of ether oxygens (including phenoxy) is 2. The number of carbonyl (C=O) groups excluding carboxylic acids is 5. The third-order valence-electron chi connectivity index (χ3n) is 6.36. The van der Waals surface area contributed by atoms with Crippen molar-refractivity contribution in [3.05, 3.63) is 71.8 Å². The molecule has 0 bridgehead atoms. The van der Waals surface area contributed by atoms with E-state index in [2.05, 4.69) is 16.0 Å². The van der Waals surface area contributed by atoms with Crippen LogP contribution in [-0.4, -0.2) is 53.5 Å². The van der Waals surface area contributed by atoms with Gasteiger partial charge in [-0.25, -0.2) is 4.79 Å². The molecule has 2 aromatic carbocycles. The van der Waals surface area contributed by atoms with Gasteiger partial charge >= 0.3 is 12.1 Å². The van der Waals surface area contributed by atoms with Gasteiger partial charge in [-0.1, -0.05) is 80.9 Å². The van der Waals surface area contributed by atoms with Crippen LogP contribution in [-0.2, 0) is 41.7 Å². The summed E-state index contributed by atoms with van der Waals surface area (Å²) < 4.78 is 10.6. The highest BCUT2D eigenvalue weighted by Crippen LogP contribution is 2.12. The molecule has 0 aliphatic rings. The zero-order chi connectivity index (χ0) is 31.3. The lowest BCUT2D eigenvalue weighted by Crippen LogP contribution is -2.59. The van der Waals surface area contributed by atoms with Crippen molar-refractivity contribution < 1.29 is 33.4 Å². The molecule has 0 radical (unpaired) electrons. The van der Waals surface area contributed by atoms with Crippen LogP contribution in [0.2, 0.25) is 0 Å². The van der Waals surface area contributed by atoms with E-state index in [0.717, 1.165) is 11.1 Å². The largest absolute Gasteiger partial charge is 0.461 e. The van der Waals surface area contributed by atoms with E-state index in [0.29, 0.717) is 6.42 Å². The number of alkyl carbamates (subject to hydrolysis) is 1. The third-order valence-corrected chi connectivity index (χ3v) is 6.36. The zero-order valence-electron chi connectivity index (χ0n) is 24.8. The van der Waals surface area contributed by atoms with Crippen LogP contribution in [0, 0.1) is 5.92 Å². The molecule has 0 heterocycles. The summed E-state index contributed by atoms with van der Waals surface area (Å²) in [5.74, 6) is -3.26. The molecule has 4 atom stereocenters. The van der Waals surface area contributed by atoms with E-state index >= 15 is 0 Å². The molecular weight excluding hydrogens is 540 g/mol. The maximum Gasteiger partial charge on any atom is 0.408 e. The van der Waals surface area contributed by atoms with Gasteiger partial charge in [0.15, 0.2) is 0 Å². The average Bonchev–Trinajstić information content (AvgIpc) is 2.93. The van der Waals surface area contributed by atoms with Crippen LogP contribution >= 0.6 is 0 Å². The number of primary amides is 1. The van der Waals surface area contributed by atoms with Gasteiger partial charge in [0.25, 0.3) is 0 Å². The average molecular weight is 583 g/mol. The van der Waals surface area contributed by atoms with Gasteiger partial charge in [0.1, 0.15) is 30.3 Å². The van der Waals surface area contributed by atoms with Crippen molar-refractivity contribution in [1.82, 2.24) is 16.0 Å². The molecule has 0 unspecified atom stereocenters. The van der Waals surface area contributed by atoms with Gasteiger partial charge in [-0.3, -0.25) is 19.2 Å². The topological polar surface area (TPSA) is 166 Å². The first kappa shape index (κ1) is 33.8. The fraction of sp³-hybridized carbons (Fsp3) is 0.452. The number of hydrogen-bond acceptors (Lipinski definition) is 7. The molecule has 2 aromatic rings. The number of esters is 1. The van der Waals surface area contributed by atoms with Gasteiger partial charge in [0, 0.05) is 6.42 Å². The molecule has 2 rings (SSSR count). The summed E-state index contributed by atoms with van der Waals surface area (Å²) in [6.07, 6.45) is -0.759. The number of amides is 4.